The average molecular weight is 961 g/mol. The molecular formula is C36H52O22P4. The topological polar surface area (TPSA) is 349 Å². The van der Waals surface area contributed by atoms with Crippen LogP contribution in [-0.4, -0.2) is 112 Å². The van der Waals surface area contributed by atoms with Gasteiger partial charge in [0.05, 0.1) is 6.61 Å². The summed E-state index contributed by atoms with van der Waals surface area (Å²) in [4.78, 5) is 91.6. The van der Waals surface area contributed by atoms with Gasteiger partial charge in [-0.2, -0.15) is 0 Å². The van der Waals surface area contributed by atoms with E-state index in [0.29, 0.717) is 12.8 Å². The van der Waals surface area contributed by atoms with Gasteiger partial charge < -0.3 is 53.9 Å². The van der Waals surface area contributed by atoms with E-state index in [2.05, 4.69) is 61.9 Å². The molecule has 0 amide bonds. The molecule has 4 unspecified atom stereocenters. The highest BCUT2D eigenvalue weighted by atomic mass is 31.2. The summed E-state index contributed by atoms with van der Waals surface area (Å²) < 4.78 is 80.8. The maximum atomic E-state index is 13.1. The van der Waals surface area contributed by atoms with Crippen LogP contribution in [0.2, 0.25) is 0 Å². The molecule has 9 N–H and O–H groups in total. The van der Waals surface area contributed by atoms with Crippen molar-refractivity contribution in [3.63, 3.8) is 0 Å². The van der Waals surface area contributed by atoms with Gasteiger partial charge in [0, 0.05) is 12.3 Å². The maximum absolute atomic E-state index is 13.1. The first-order valence-electron chi connectivity index (χ1n) is 19.0. The van der Waals surface area contributed by atoms with Crippen molar-refractivity contribution in [3.05, 3.63) is 0 Å². The Bertz CT molecular complexity index is 1880. The molecule has 62 heavy (non-hydrogen) atoms. The fourth-order valence-electron chi connectivity index (χ4n) is 5.61. The zero-order valence-corrected chi connectivity index (χ0v) is 37.1. The van der Waals surface area contributed by atoms with Crippen LogP contribution < -0.4 is 0 Å². The van der Waals surface area contributed by atoms with Crippen LogP contribution in [0.5, 0.6) is 0 Å². The Labute approximate surface area is 359 Å². The third-order valence-corrected chi connectivity index (χ3v) is 10.8. The van der Waals surface area contributed by atoms with Gasteiger partial charge in [-0.3, -0.25) is 27.4 Å². The highest BCUT2D eigenvalue weighted by Crippen LogP contribution is 2.53. The van der Waals surface area contributed by atoms with Crippen LogP contribution in [0.3, 0.4) is 0 Å². The third-order valence-electron chi connectivity index (χ3n) is 8.24. The second-order valence-electron chi connectivity index (χ2n) is 13.3. The first-order valence-corrected chi connectivity index (χ1v) is 25.1. The smallest absolute Gasteiger partial charge is 0.456 e. The van der Waals surface area contributed by atoms with Crippen LogP contribution in [0.15, 0.2) is 0 Å². The Morgan fingerprint density at radius 3 is 1.44 bits per heavy atom. The molecule has 0 heterocycles. The van der Waals surface area contributed by atoms with Gasteiger partial charge in [-0.05, 0) is 53.8 Å². The molecule has 0 spiro atoms. The lowest BCUT2D eigenvalue weighted by Crippen LogP contribution is -2.65. The number of hydrogen-bond donors (Lipinski definition) is 9. The number of carbonyl (C=O) groups is 2. The minimum atomic E-state index is -5.81. The molecule has 0 radical (unpaired) electrons. The Kier molecular flexibility index (Phi) is 27.2. The van der Waals surface area contributed by atoms with E-state index in [1.54, 1.807) is 0 Å². The van der Waals surface area contributed by atoms with E-state index in [-0.39, 0.29) is 6.42 Å². The van der Waals surface area contributed by atoms with Gasteiger partial charge in [0.25, 0.3) is 0 Å². The molecule has 1 fully saturated rings. The number of phosphoric acid groups is 4. The van der Waals surface area contributed by atoms with Gasteiger partial charge in [-0.25, -0.2) is 23.1 Å². The number of unbranched alkanes of at least 4 members (excludes halogenated alkanes) is 12. The first kappa shape index (κ1) is 57.1. The number of hydrogen-bond acceptors (Lipinski definition) is 15. The maximum Gasteiger partial charge on any atom is 0.472 e. The summed E-state index contributed by atoms with van der Waals surface area (Å²) in [5.74, 6) is 17.7. The molecule has 0 aromatic heterocycles. The Morgan fingerprint density at radius 2 is 0.984 bits per heavy atom. The second kappa shape index (κ2) is 29.5. The summed E-state index contributed by atoms with van der Waals surface area (Å²) >= 11 is 0. The van der Waals surface area contributed by atoms with E-state index in [9.17, 15) is 72.3 Å². The highest BCUT2D eigenvalue weighted by molar-refractivity contribution is 7.47. The molecule has 8 atom stereocenters. The summed E-state index contributed by atoms with van der Waals surface area (Å²) in [6.45, 7) is 0.200. The summed E-state index contributed by atoms with van der Waals surface area (Å²) in [5, 5.41) is 21.7. The van der Waals surface area contributed by atoms with Crippen LogP contribution in [0.25, 0.3) is 0 Å². The Morgan fingerprint density at radius 1 is 0.565 bits per heavy atom. The van der Waals surface area contributed by atoms with Gasteiger partial charge >= 0.3 is 43.2 Å². The number of aliphatic hydroxyl groups is 2. The van der Waals surface area contributed by atoms with E-state index in [4.69, 9.17) is 24.9 Å². The van der Waals surface area contributed by atoms with E-state index >= 15 is 0 Å². The summed E-state index contributed by atoms with van der Waals surface area (Å²) in [6, 6.07) is 0. The summed E-state index contributed by atoms with van der Waals surface area (Å²) in [5.41, 5.74) is 0. The van der Waals surface area contributed by atoms with Crippen molar-refractivity contribution in [3.8, 4) is 59.7 Å². The quantitative estimate of drug-likeness (QED) is 0.0178. The zero-order valence-electron chi connectivity index (χ0n) is 33.6. The van der Waals surface area contributed by atoms with E-state index in [0.717, 1.165) is 32.1 Å². The molecule has 1 aliphatic carbocycles. The number of terminal acetylenes is 1. The summed E-state index contributed by atoms with van der Waals surface area (Å²) in [6.07, 6.45) is 0.0140. The number of phosphoric ester groups is 4. The van der Waals surface area contributed by atoms with Gasteiger partial charge in [0.15, 0.2) is 6.10 Å². The molecule has 0 aromatic rings. The van der Waals surface area contributed by atoms with Crippen LogP contribution in [-0.2, 0) is 59.9 Å². The number of carbonyl (C=O) groups excluding carboxylic acids is 2. The normalized spacial score (nSPS) is 21.4. The first-order chi connectivity index (χ1) is 29.0. The Hall–Kier alpha value is -2.90. The number of aliphatic hydroxyl groups excluding tert-OH is 2. The number of rotatable bonds is 28. The molecule has 22 nitrogen and oxygen atoms in total. The number of ether oxygens (including phenoxy) is 2. The largest absolute Gasteiger partial charge is 0.472 e. The second-order valence-corrected chi connectivity index (χ2v) is 18.3. The molecule has 0 aromatic carbocycles. The predicted octanol–water partition coefficient (Wildman–Crippen LogP) is 2.24. The molecular weight excluding hydrogens is 908 g/mol. The lowest BCUT2D eigenvalue weighted by Gasteiger charge is -2.45. The SMILES string of the molecule is C#CC#CC#CC#CC#CC(=O)OC[C@@H](COP(=O)(O)OC1C(O)[C@@H](OP(=O)(O)O)C(OP(=O)(O)O)[C@@H](OP(=O)(O)O)[C@H]1O)OC(=O)CCCCCCCCCCCCCCC. The molecule has 0 bridgehead atoms. The molecule has 1 saturated carbocycles. The monoisotopic (exact) mass is 960 g/mol. The van der Waals surface area contributed by atoms with E-state index in [1.165, 1.54) is 38.5 Å². The molecule has 0 aliphatic heterocycles. The van der Waals surface area contributed by atoms with Gasteiger partial charge in [-0.15, -0.1) is 6.42 Å². The van der Waals surface area contributed by atoms with Crippen LogP contribution in [0, 0.1) is 59.7 Å². The fraction of sp³-hybridized carbons (Fsp3) is 0.667. The van der Waals surface area contributed by atoms with Crippen molar-refractivity contribution < 1.29 is 104 Å². The van der Waals surface area contributed by atoms with Crippen molar-refractivity contribution in [1.29, 1.82) is 0 Å². The van der Waals surface area contributed by atoms with Gasteiger partial charge in [0.2, 0.25) is 0 Å². The van der Waals surface area contributed by atoms with Crippen molar-refractivity contribution in [2.75, 3.05) is 13.2 Å². The number of esters is 2. The van der Waals surface area contributed by atoms with Crippen molar-refractivity contribution in [2.24, 2.45) is 0 Å². The van der Waals surface area contributed by atoms with Gasteiger partial charge in [-0.1, -0.05) is 84.0 Å². The van der Waals surface area contributed by atoms with Crippen LogP contribution in [0.1, 0.15) is 96.8 Å². The van der Waals surface area contributed by atoms with Crippen molar-refractivity contribution in [1.82, 2.24) is 0 Å². The molecule has 348 valence electrons. The van der Waals surface area contributed by atoms with Crippen LogP contribution in [0.4, 0.5) is 0 Å². The Balaban J connectivity index is 3.09. The minimum absolute atomic E-state index is 0.127. The average Bonchev–Trinajstić information content (AvgIpc) is 3.16. The van der Waals surface area contributed by atoms with Crippen molar-refractivity contribution in [2.45, 2.75) is 140 Å². The fourth-order valence-corrected chi connectivity index (χ4v) is 8.26. The minimum Gasteiger partial charge on any atom is -0.456 e. The zero-order chi connectivity index (χ0) is 46.8. The highest BCUT2D eigenvalue weighted by Gasteiger charge is 2.59. The van der Waals surface area contributed by atoms with Crippen LogP contribution >= 0.6 is 31.3 Å². The molecule has 1 rings (SSSR count). The molecule has 0 saturated heterocycles. The van der Waals surface area contributed by atoms with Gasteiger partial charge in [0.1, 0.15) is 43.2 Å². The lowest BCUT2D eigenvalue weighted by atomic mass is 9.85. The lowest BCUT2D eigenvalue weighted by molar-refractivity contribution is -0.209. The van der Waals surface area contributed by atoms with E-state index < -0.39 is 99.2 Å². The molecule has 26 heteroatoms. The molecule has 1 aliphatic rings. The standard InChI is InChI=1S/C36H52O22P4/c1-3-5-7-9-11-13-14-15-16-17-19-21-23-25-30(38)54-28(26-52-29(37)24-22-20-18-12-10-8-6-4-2)27-53-62(50,51)58-33-31(39)34(55-59(41,42)43)36(57-61(47,48)49)35(32(33)40)56-60(44,45)46/h2,28,31-36,39-40H,3,5,7,9,11,13-17,19,21,23,25-27H2,1H3,(H,50,51)(H2,41,42,43)(H2,44,45,46)(H2,47,48,49)/t28-,31-,32?,33?,34-,35+,36?/m0/s1. The van der Waals surface area contributed by atoms with Crippen molar-refractivity contribution >= 4 is 43.2 Å². The third kappa shape index (κ3) is 27.3. The summed E-state index contributed by atoms with van der Waals surface area (Å²) in [7, 11) is -23.1. The predicted molar refractivity (Wildman–Crippen MR) is 215 cm³/mol. The van der Waals surface area contributed by atoms with E-state index in [1.807, 2.05) is 11.8 Å².